The van der Waals surface area contributed by atoms with Crippen molar-refractivity contribution >= 4 is 40.3 Å². The van der Waals surface area contributed by atoms with E-state index in [9.17, 15) is 24.4 Å². The van der Waals surface area contributed by atoms with Gasteiger partial charge in [0.1, 0.15) is 11.6 Å². The van der Waals surface area contributed by atoms with Gasteiger partial charge in [-0.25, -0.2) is 9.38 Å². The van der Waals surface area contributed by atoms with E-state index in [1.54, 1.807) is 0 Å². The Balaban J connectivity index is 1.88. The van der Waals surface area contributed by atoms with Crippen molar-refractivity contribution < 1.29 is 19.2 Å². The minimum Gasteiger partial charge on any atom is -0.507 e. The highest BCUT2D eigenvalue weighted by atomic mass is 32.2. The van der Waals surface area contributed by atoms with Crippen molar-refractivity contribution in [2.75, 3.05) is 0 Å². The van der Waals surface area contributed by atoms with Crippen LogP contribution in [-0.4, -0.2) is 21.1 Å². The molecule has 9 heteroatoms. The Bertz CT molecular complexity index is 925. The van der Waals surface area contributed by atoms with Crippen molar-refractivity contribution in [3.8, 4) is 5.75 Å². The van der Waals surface area contributed by atoms with Crippen molar-refractivity contribution in [1.82, 2.24) is 5.32 Å². The normalized spacial score (nSPS) is 17.1. The summed E-state index contributed by atoms with van der Waals surface area (Å²) in [5.74, 6) is -1.03. The standard InChI is InChI=1S/C16H10FN3O4S/c17-10-1-3-11(4-2-10)18-16-19-15(22)14(25-16)8-9-7-12(20(23)24)5-6-13(9)21/h1-8,21H,(H,18,19,22). The van der Waals surface area contributed by atoms with Crippen molar-refractivity contribution in [3.05, 3.63) is 68.9 Å². The summed E-state index contributed by atoms with van der Waals surface area (Å²) in [7, 11) is 0. The van der Waals surface area contributed by atoms with Crippen LogP contribution in [0.4, 0.5) is 15.8 Å². The van der Waals surface area contributed by atoms with E-state index in [1.165, 1.54) is 48.5 Å². The van der Waals surface area contributed by atoms with Crippen LogP contribution in [0.2, 0.25) is 0 Å². The number of phenols is 1. The zero-order chi connectivity index (χ0) is 18.0. The van der Waals surface area contributed by atoms with Crippen molar-refractivity contribution in [2.45, 2.75) is 0 Å². The molecule has 0 spiro atoms. The number of amides is 1. The van der Waals surface area contributed by atoms with Crippen molar-refractivity contribution in [1.29, 1.82) is 0 Å². The fourth-order valence-corrected chi connectivity index (χ4v) is 2.86. The maximum atomic E-state index is 12.9. The number of halogens is 1. The smallest absolute Gasteiger partial charge is 0.270 e. The van der Waals surface area contributed by atoms with Crippen LogP contribution in [0, 0.1) is 15.9 Å². The second kappa shape index (κ2) is 6.73. The molecule has 0 aromatic heterocycles. The second-order valence-corrected chi connectivity index (χ2v) is 5.99. The van der Waals surface area contributed by atoms with E-state index in [1.807, 2.05) is 0 Å². The zero-order valence-electron chi connectivity index (χ0n) is 12.5. The Morgan fingerprint density at radius 2 is 1.96 bits per heavy atom. The largest absolute Gasteiger partial charge is 0.507 e. The van der Waals surface area contributed by atoms with Gasteiger partial charge < -0.3 is 10.4 Å². The Morgan fingerprint density at radius 1 is 1.24 bits per heavy atom. The number of nitrogens with one attached hydrogen (secondary N) is 1. The molecule has 7 nitrogen and oxygen atoms in total. The van der Waals surface area contributed by atoms with Crippen LogP contribution >= 0.6 is 11.8 Å². The summed E-state index contributed by atoms with van der Waals surface area (Å²) in [4.78, 5) is 26.6. The number of thioether (sulfide) groups is 1. The molecule has 1 aliphatic rings. The van der Waals surface area contributed by atoms with E-state index in [4.69, 9.17) is 0 Å². The van der Waals surface area contributed by atoms with E-state index < -0.39 is 16.6 Å². The summed E-state index contributed by atoms with van der Waals surface area (Å²) in [6.07, 6.45) is 1.34. The van der Waals surface area contributed by atoms with E-state index in [2.05, 4.69) is 10.3 Å². The molecule has 0 radical (unpaired) electrons. The lowest BCUT2D eigenvalue weighted by Gasteiger charge is -1.99. The quantitative estimate of drug-likeness (QED) is 0.497. The monoisotopic (exact) mass is 359 g/mol. The Hall–Kier alpha value is -3.20. The number of aliphatic imine (C=N–C) groups is 1. The molecular weight excluding hydrogens is 349 g/mol. The molecule has 25 heavy (non-hydrogen) atoms. The molecule has 1 heterocycles. The van der Waals surface area contributed by atoms with Gasteiger partial charge in [0, 0.05) is 17.7 Å². The highest BCUT2D eigenvalue weighted by Gasteiger charge is 2.24. The van der Waals surface area contributed by atoms with Crippen molar-refractivity contribution in [2.24, 2.45) is 4.99 Å². The molecule has 1 fully saturated rings. The summed E-state index contributed by atoms with van der Waals surface area (Å²) in [6, 6.07) is 8.95. The molecule has 2 aromatic rings. The third-order valence-electron chi connectivity index (χ3n) is 3.22. The van der Waals surface area contributed by atoms with Crippen LogP contribution < -0.4 is 5.32 Å². The van der Waals surface area contributed by atoms with Crippen LogP contribution in [0.25, 0.3) is 6.08 Å². The molecular formula is C16H10FN3O4S. The first-order valence-electron chi connectivity index (χ1n) is 6.95. The van der Waals surface area contributed by atoms with Crippen molar-refractivity contribution in [3.63, 3.8) is 0 Å². The van der Waals surface area contributed by atoms with Crippen LogP contribution in [0.15, 0.2) is 52.4 Å². The Kier molecular flexibility index (Phi) is 4.48. The van der Waals surface area contributed by atoms with Gasteiger partial charge >= 0.3 is 0 Å². The maximum Gasteiger partial charge on any atom is 0.270 e. The number of rotatable bonds is 3. The highest BCUT2D eigenvalue weighted by molar-refractivity contribution is 8.18. The molecule has 2 aromatic carbocycles. The van der Waals surface area contributed by atoms with Crippen LogP contribution in [-0.2, 0) is 4.79 Å². The molecule has 0 aliphatic carbocycles. The van der Waals surface area contributed by atoms with Gasteiger partial charge in [-0.1, -0.05) is 0 Å². The number of carbonyl (C=O) groups is 1. The lowest BCUT2D eigenvalue weighted by molar-refractivity contribution is -0.384. The number of hydrogen-bond acceptors (Lipinski definition) is 6. The SMILES string of the molecule is O=C1NC(=Nc2ccc(F)cc2)SC1=Cc1cc([N+](=O)[O-])ccc1O. The number of benzene rings is 2. The Labute approximate surface area is 145 Å². The number of hydrogen-bond donors (Lipinski definition) is 2. The molecule has 0 unspecified atom stereocenters. The second-order valence-electron chi connectivity index (χ2n) is 4.96. The van der Waals surface area contributed by atoms with E-state index in [0.29, 0.717) is 5.69 Å². The topological polar surface area (TPSA) is 105 Å². The summed E-state index contributed by atoms with van der Waals surface area (Å²) in [6.45, 7) is 0. The average molecular weight is 359 g/mol. The molecule has 0 bridgehead atoms. The third kappa shape index (κ3) is 3.83. The molecule has 1 aliphatic heterocycles. The minimum atomic E-state index is -0.593. The summed E-state index contributed by atoms with van der Waals surface area (Å²) >= 11 is 1.01. The van der Waals surface area contributed by atoms with E-state index in [-0.39, 0.29) is 27.1 Å². The number of non-ortho nitro benzene ring substituents is 1. The van der Waals surface area contributed by atoms with E-state index >= 15 is 0 Å². The van der Waals surface area contributed by atoms with Crippen LogP contribution in [0.5, 0.6) is 5.75 Å². The van der Waals surface area contributed by atoms with E-state index in [0.717, 1.165) is 11.8 Å². The van der Waals surface area contributed by atoms with Gasteiger partial charge in [-0.3, -0.25) is 14.9 Å². The van der Waals surface area contributed by atoms with Gasteiger partial charge in [-0.05, 0) is 48.2 Å². The lowest BCUT2D eigenvalue weighted by Crippen LogP contribution is -2.19. The minimum absolute atomic E-state index is 0.148. The Morgan fingerprint density at radius 3 is 2.64 bits per heavy atom. The molecule has 1 saturated heterocycles. The number of nitro benzene ring substituents is 1. The third-order valence-corrected chi connectivity index (χ3v) is 4.13. The highest BCUT2D eigenvalue weighted by Crippen LogP contribution is 2.31. The van der Waals surface area contributed by atoms with Gasteiger partial charge in [-0.15, -0.1) is 0 Å². The zero-order valence-corrected chi connectivity index (χ0v) is 13.3. The summed E-state index contributed by atoms with van der Waals surface area (Å²) < 4.78 is 12.9. The fraction of sp³-hybridized carbons (Fsp3) is 0. The number of aromatic hydroxyl groups is 1. The molecule has 1 amide bonds. The molecule has 126 valence electrons. The molecule has 0 saturated carbocycles. The summed E-state index contributed by atoms with van der Waals surface area (Å²) in [5, 5.41) is 23.5. The predicted molar refractivity (Wildman–Crippen MR) is 92.0 cm³/mol. The first kappa shape index (κ1) is 16.7. The summed E-state index contributed by atoms with van der Waals surface area (Å²) in [5.41, 5.74) is 0.409. The maximum absolute atomic E-state index is 12.9. The van der Waals surface area contributed by atoms with Gasteiger partial charge in [-0.2, -0.15) is 0 Å². The number of carbonyl (C=O) groups excluding carboxylic acids is 1. The molecule has 0 atom stereocenters. The molecule has 2 N–H and O–H groups in total. The number of nitro groups is 1. The van der Waals surface area contributed by atoms with Gasteiger partial charge in [0.2, 0.25) is 0 Å². The number of phenolic OH excluding ortho intramolecular Hbond substituents is 1. The molecule has 3 rings (SSSR count). The lowest BCUT2D eigenvalue weighted by atomic mass is 10.1. The van der Waals surface area contributed by atoms with Gasteiger partial charge in [0.25, 0.3) is 11.6 Å². The number of amidine groups is 1. The van der Waals surface area contributed by atoms with Crippen LogP contribution in [0.3, 0.4) is 0 Å². The first-order chi connectivity index (χ1) is 11.9. The fourth-order valence-electron chi connectivity index (χ4n) is 2.03. The van der Waals surface area contributed by atoms with Gasteiger partial charge in [0.15, 0.2) is 5.17 Å². The first-order valence-corrected chi connectivity index (χ1v) is 7.76. The average Bonchev–Trinajstić information content (AvgIpc) is 2.91. The number of nitrogens with zero attached hydrogens (tertiary/aromatic N) is 2. The van der Waals surface area contributed by atoms with Gasteiger partial charge in [0.05, 0.1) is 15.5 Å². The van der Waals surface area contributed by atoms with Crippen LogP contribution in [0.1, 0.15) is 5.56 Å². The predicted octanol–water partition coefficient (Wildman–Crippen LogP) is 3.33.